The molecule has 0 saturated carbocycles. The van der Waals surface area contributed by atoms with Crippen LogP contribution >= 0.6 is 58.0 Å². The molecule has 13 heteroatoms. The smallest absolute Gasteiger partial charge is 0.244 e. The van der Waals surface area contributed by atoms with Crippen molar-refractivity contribution in [2.45, 2.75) is 52.2 Å². The Morgan fingerprint density at radius 1 is 0.946 bits per heavy atom. The zero-order chi connectivity index (χ0) is 28.3. The summed E-state index contributed by atoms with van der Waals surface area (Å²) >= 11 is 31.1. The Kier molecular flexibility index (Phi) is 10.8. The number of nitrogens with zero attached hydrogens (tertiary/aromatic N) is 2. The maximum atomic E-state index is 13.8. The van der Waals surface area contributed by atoms with E-state index in [0.29, 0.717) is 15.6 Å². The normalized spacial score (nSPS) is 12.7. The summed E-state index contributed by atoms with van der Waals surface area (Å²) < 4.78 is 26.3. The van der Waals surface area contributed by atoms with Crippen molar-refractivity contribution in [2.75, 3.05) is 17.1 Å². The van der Waals surface area contributed by atoms with Gasteiger partial charge in [0.2, 0.25) is 21.8 Å². The Balaban J connectivity index is 2.59. The van der Waals surface area contributed by atoms with Crippen LogP contribution in [0.4, 0.5) is 5.69 Å². The van der Waals surface area contributed by atoms with Gasteiger partial charge in [-0.2, -0.15) is 0 Å². The number of carbonyl (C=O) groups is 2. The summed E-state index contributed by atoms with van der Waals surface area (Å²) in [7, 11) is -4.02. The lowest BCUT2D eigenvalue weighted by Crippen LogP contribution is -2.55. The van der Waals surface area contributed by atoms with Crippen LogP contribution in [0.1, 0.15) is 39.7 Å². The van der Waals surface area contributed by atoms with Gasteiger partial charge in [0.1, 0.15) is 12.6 Å². The Morgan fingerprint density at radius 3 is 1.97 bits per heavy atom. The van der Waals surface area contributed by atoms with Gasteiger partial charge in [-0.05, 0) is 51.5 Å². The highest BCUT2D eigenvalue weighted by Gasteiger charge is 2.34. The first-order chi connectivity index (χ1) is 17.0. The predicted octanol–water partition coefficient (Wildman–Crippen LogP) is 6.44. The number of carbonyl (C=O) groups excluding carboxylic acids is 2. The molecule has 0 radical (unpaired) electrons. The van der Waals surface area contributed by atoms with E-state index in [1.807, 2.05) is 20.8 Å². The second kappa shape index (κ2) is 12.6. The van der Waals surface area contributed by atoms with Crippen LogP contribution in [0.25, 0.3) is 0 Å². The second-order valence-electron chi connectivity index (χ2n) is 9.37. The first-order valence-electron chi connectivity index (χ1n) is 11.1. The third kappa shape index (κ3) is 8.53. The molecule has 0 aromatic heterocycles. The van der Waals surface area contributed by atoms with E-state index in [-0.39, 0.29) is 33.7 Å². The van der Waals surface area contributed by atoms with Crippen LogP contribution < -0.4 is 9.62 Å². The summed E-state index contributed by atoms with van der Waals surface area (Å²) in [5, 5.41) is 3.62. The Hall–Kier alpha value is -1.42. The molecule has 0 aliphatic carbocycles. The maximum absolute atomic E-state index is 13.8. The summed E-state index contributed by atoms with van der Waals surface area (Å²) in [5.41, 5.74) is -0.192. The Bertz CT molecular complexity index is 1260. The van der Waals surface area contributed by atoms with E-state index in [4.69, 9.17) is 58.0 Å². The highest BCUT2D eigenvalue weighted by molar-refractivity contribution is 7.92. The highest BCUT2D eigenvalue weighted by Crippen LogP contribution is 2.36. The first kappa shape index (κ1) is 31.8. The number of hydrogen-bond acceptors (Lipinski definition) is 4. The number of halogens is 5. The topological polar surface area (TPSA) is 86.8 Å². The molecule has 2 aromatic carbocycles. The molecule has 0 bridgehead atoms. The van der Waals surface area contributed by atoms with E-state index in [2.05, 4.69) is 5.32 Å². The van der Waals surface area contributed by atoms with Crippen molar-refractivity contribution < 1.29 is 18.0 Å². The molecule has 2 rings (SSSR count). The second-order valence-corrected chi connectivity index (χ2v) is 13.3. The number of rotatable bonds is 9. The minimum absolute atomic E-state index is 0.0224. The standard InChI is InChI=1S/C24H28Cl5N3O4S/c1-6-20(23(34)30-24(2,3)4)31(12-14-15(25)8-7-9-16(14)26)22(33)13-32(37(5,35)36)21-11-18(28)17(27)10-19(21)29/h7-11,20H,6,12-13H2,1-5H3,(H,30,34)/t20-/m0/s1. The molecule has 0 aliphatic rings. The number of amides is 2. The van der Waals surface area contributed by atoms with Gasteiger partial charge in [0.05, 0.1) is 27.0 Å². The van der Waals surface area contributed by atoms with Gasteiger partial charge in [0.25, 0.3) is 0 Å². The molecule has 2 amide bonds. The molecular formula is C24H28Cl5N3O4S. The van der Waals surface area contributed by atoms with E-state index < -0.39 is 40.0 Å². The zero-order valence-corrected chi connectivity index (χ0v) is 25.5. The summed E-state index contributed by atoms with van der Waals surface area (Å²) in [4.78, 5) is 28.3. The number of hydrogen-bond donors (Lipinski definition) is 1. The van der Waals surface area contributed by atoms with Crippen molar-refractivity contribution in [3.8, 4) is 0 Å². The van der Waals surface area contributed by atoms with Gasteiger partial charge in [0, 0.05) is 27.7 Å². The molecule has 1 atom stereocenters. The van der Waals surface area contributed by atoms with Crippen molar-refractivity contribution in [3.05, 3.63) is 61.0 Å². The summed E-state index contributed by atoms with van der Waals surface area (Å²) in [6.45, 7) is 6.37. The van der Waals surface area contributed by atoms with Crippen LogP contribution in [0, 0.1) is 0 Å². The van der Waals surface area contributed by atoms with Gasteiger partial charge >= 0.3 is 0 Å². The third-order valence-corrected chi connectivity index (χ3v) is 8.07. The lowest BCUT2D eigenvalue weighted by Gasteiger charge is -2.35. The average Bonchev–Trinajstić information content (AvgIpc) is 2.74. The van der Waals surface area contributed by atoms with Crippen molar-refractivity contribution >= 4 is 85.5 Å². The fraction of sp³-hybridized carbons (Fsp3) is 0.417. The minimum atomic E-state index is -4.02. The van der Waals surface area contributed by atoms with Crippen LogP contribution in [0.3, 0.4) is 0 Å². The largest absolute Gasteiger partial charge is 0.350 e. The summed E-state index contributed by atoms with van der Waals surface area (Å²) in [6, 6.07) is 6.47. The molecule has 37 heavy (non-hydrogen) atoms. The van der Waals surface area contributed by atoms with Gasteiger partial charge in [-0.15, -0.1) is 0 Å². The molecule has 0 fully saturated rings. The third-order valence-electron chi connectivity index (χ3n) is 5.21. The van der Waals surface area contributed by atoms with Gasteiger partial charge in [-0.25, -0.2) is 8.42 Å². The molecule has 0 unspecified atom stereocenters. The number of sulfonamides is 1. The molecule has 204 valence electrons. The van der Waals surface area contributed by atoms with Gasteiger partial charge in [-0.1, -0.05) is 71.0 Å². The fourth-order valence-electron chi connectivity index (χ4n) is 3.52. The van der Waals surface area contributed by atoms with E-state index in [1.165, 1.54) is 17.0 Å². The molecule has 7 nitrogen and oxygen atoms in total. The first-order valence-corrected chi connectivity index (χ1v) is 14.9. The monoisotopic (exact) mass is 629 g/mol. The van der Waals surface area contributed by atoms with Crippen LogP contribution in [-0.4, -0.2) is 49.5 Å². The van der Waals surface area contributed by atoms with Crippen LogP contribution in [0.15, 0.2) is 30.3 Å². The van der Waals surface area contributed by atoms with E-state index in [1.54, 1.807) is 25.1 Å². The highest BCUT2D eigenvalue weighted by atomic mass is 35.5. The number of nitrogens with one attached hydrogen (secondary N) is 1. The lowest BCUT2D eigenvalue weighted by molar-refractivity contribution is -0.141. The van der Waals surface area contributed by atoms with Crippen molar-refractivity contribution in [2.24, 2.45) is 0 Å². The fourth-order valence-corrected chi connectivity index (χ4v) is 5.59. The van der Waals surface area contributed by atoms with E-state index in [0.717, 1.165) is 10.6 Å². The number of anilines is 1. The quantitative estimate of drug-likeness (QED) is 0.323. The van der Waals surface area contributed by atoms with E-state index >= 15 is 0 Å². The zero-order valence-electron chi connectivity index (χ0n) is 20.9. The van der Waals surface area contributed by atoms with Gasteiger partial charge < -0.3 is 10.2 Å². The number of benzene rings is 2. The molecule has 0 aliphatic heterocycles. The van der Waals surface area contributed by atoms with E-state index in [9.17, 15) is 18.0 Å². The lowest BCUT2D eigenvalue weighted by atomic mass is 10.1. The summed E-state index contributed by atoms with van der Waals surface area (Å²) in [5.74, 6) is -1.09. The minimum Gasteiger partial charge on any atom is -0.350 e. The molecular weight excluding hydrogens is 604 g/mol. The Morgan fingerprint density at radius 2 is 1.49 bits per heavy atom. The van der Waals surface area contributed by atoms with Gasteiger partial charge in [-0.3, -0.25) is 13.9 Å². The SMILES string of the molecule is CC[C@@H](C(=O)NC(C)(C)C)N(Cc1c(Cl)cccc1Cl)C(=O)CN(c1cc(Cl)c(Cl)cc1Cl)S(C)(=O)=O. The van der Waals surface area contributed by atoms with Crippen molar-refractivity contribution in [1.82, 2.24) is 10.2 Å². The maximum Gasteiger partial charge on any atom is 0.244 e. The van der Waals surface area contributed by atoms with Crippen molar-refractivity contribution in [3.63, 3.8) is 0 Å². The Labute approximate surface area is 243 Å². The van der Waals surface area contributed by atoms with Gasteiger partial charge in [0.15, 0.2) is 0 Å². The van der Waals surface area contributed by atoms with Crippen LogP contribution in [0.2, 0.25) is 25.1 Å². The average molecular weight is 632 g/mol. The summed E-state index contributed by atoms with van der Waals surface area (Å²) in [6.07, 6.45) is 1.17. The molecule has 0 saturated heterocycles. The molecule has 0 heterocycles. The van der Waals surface area contributed by atoms with Crippen LogP contribution in [-0.2, 0) is 26.2 Å². The molecule has 0 spiro atoms. The molecule has 2 aromatic rings. The predicted molar refractivity (Wildman–Crippen MR) is 153 cm³/mol. The van der Waals surface area contributed by atoms with Crippen molar-refractivity contribution in [1.29, 1.82) is 0 Å². The van der Waals surface area contributed by atoms with Crippen LogP contribution in [0.5, 0.6) is 0 Å². The molecule has 1 N–H and O–H groups in total.